The van der Waals surface area contributed by atoms with Crippen LogP contribution in [0, 0.1) is 17.0 Å². The molecule has 0 fully saturated rings. The number of aromatic nitrogens is 3. The van der Waals surface area contributed by atoms with Crippen LogP contribution in [0.25, 0.3) is 16.5 Å². The van der Waals surface area contributed by atoms with Crippen molar-refractivity contribution in [2.75, 3.05) is 25.1 Å². The number of fused-ring (bicyclic) bond motifs is 1. The first-order valence-electron chi connectivity index (χ1n) is 8.77. The number of anilines is 1. The number of ether oxygens (including phenoxy) is 1. The van der Waals surface area contributed by atoms with Gasteiger partial charge in [0.25, 0.3) is 0 Å². The van der Waals surface area contributed by atoms with Crippen molar-refractivity contribution >= 4 is 28.0 Å². The number of hydrogen-bond donors (Lipinski definition) is 1. The molecule has 1 aliphatic rings. The second-order valence-electron chi connectivity index (χ2n) is 6.68. The van der Waals surface area contributed by atoms with E-state index < -0.39 is 0 Å². The van der Waals surface area contributed by atoms with Crippen molar-refractivity contribution in [1.82, 2.24) is 14.8 Å². The number of benzene rings is 1. The molecule has 3 heterocycles. The number of rotatable bonds is 4. The Hall–Kier alpha value is -3.29. The zero-order valence-electron chi connectivity index (χ0n) is 15.5. The summed E-state index contributed by atoms with van der Waals surface area (Å²) in [5.41, 5.74) is 3.97. The Bertz CT molecular complexity index is 1060. The van der Waals surface area contributed by atoms with E-state index in [0.29, 0.717) is 24.6 Å². The summed E-state index contributed by atoms with van der Waals surface area (Å²) in [5.74, 6) is 1.38. The number of nitrogens with zero attached hydrogens (tertiary/aromatic N) is 4. The Morgan fingerprint density at radius 3 is 2.85 bits per heavy atom. The first-order valence-corrected chi connectivity index (χ1v) is 8.77. The molecule has 0 bridgehead atoms. The molecule has 4 rings (SSSR count). The summed E-state index contributed by atoms with van der Waals surface area (Å²) in [6.07, 6.45) is 4.95. The van der Waals surface area contributed by atoms with E-state index in [4.69, 9.17) is 4.74 Å². The predicted molar refractivity (Wildman–Crippen MR) is 104 cm³/mol. The SMILES string of the molecule is COc1ccc2[nH]cc(C3=CCN(c4c([N+](=O)[O-])c(C)nn4C)CC3)c2c1. The lowest BCUT2D eigenvalue weighted by atomic mass is 9.98. The van der Waals surface area contributed by atoms with Crippen molar-refractivity contribution < 1.29 is 9.66 Å². The van der Waals surface area contributed by atoms with Crippen molar-refractivity contribution in [3.8, 4) is 5.75 Å². The third kappa shape index (κ3) is 2.83. The van der Waals surface area contributed by atoms with Crippen LogP contribution in [0.2, 0.25) is 0 Å². The molecule has 2 aromatic heterocycles. The van der Waals surface area contributed by atoms with Crippen molar-refractivity contribution in [2.45, 2.75) is 13.3 Å². The lowest BCUT2D eigenvalue weighted by Gasteiger charge is -2.27. The van der Waals surface area contributed by atoms with E-state index in [2.05, 4.69) is 16.2 Å². The Kier molecular flexibility index (Phi) is 4.10. The molecule has 0 radical (unpaired) electrons. The molecule has 0 amide bonds. The topological polar surface area (TPSA) is 89.2 Å². The minimum atomic E-state index is -0.344. The Labute approximate surface area is 156 Å². The summed E-state index contributed by atoms with van der Waals surface area (Å²) in [4.78, 5) is 16.4. The molecule has 0 atom stereocenters. The fraction of sp³-hybridized carbons (Fsp3) is 0.316. The van der Waals surface area contributed by atoms with Gasteiger partial charge in [0.1, 0.15) is 11.4 Å². The van der Waals surface area contributed by atoms with E-state index in [1.54, 1.807) is 25.8 Å². The molecule has 8 heteroatoms. The van der Waals surface area contributed by atoms with E-state index in [0.717, 1.165) is 28.6 Å². The van der Waals surface area contributed by atoms with Crippen LogP contribution in [0.5, 0.6) is 5.75 Å². The first kappa shape index (κ1) is 17.1. The monoisotopic (exact) mass is 367 g/mol. The highest BCUT2D eigenvalue weighted by atomic mass is 16.6. The van der Waals surface area contributed by atoms with Crippen molar-refractivity contribution in [1.29, 1.82) is 0 Å². The second kappa shape index (κ2) is 6.46. The molecule has 27 heavy (non-hydrogen) atoms. The summed E-state index contributed by atoms with van der Waals surface area (Å²) < 4.78 is 6.94. The maximum absolute atomic E-state index is 11.5. The van der Waals surface area contributed by atoms with E-state index in [-0.39, 0.29) is 10.6 Å². The number of H-pyrrole nitrogens is 1. The summed E-state index contributed by atoms with van der Waals surface area (Å²) in [7, 11) is 3.41. The molecule has 140 valence electrons. The first-order chi connectivity index (χ1) is 13.0. The number of aromatic amines is 1. The molecule has 0 aliphatic carbocycles. The van der Waals surface area contributed by atoms with Crippen LogP contribution >= 0.6 is 0 Å². The average Bonchev–Trinajstić information content (AvgIpc) is 3.21. The van der Waals surface area contributed by atoms with Crippen molar-refractivity contribution in [3.05, 3.63) is 51.8 Å². The lowest BCUT2D eigenvalue weighted by Crippen LogP contribution is -2.30. The van der Waals surface area contributed by atoms with Crippen LogP contribution in [0.1, 0.15) is 17.7 Å². The normalized spacial score (nSPS) is 14.5. The van der Waals surface area contributed by atoms with Gasteiger partial charge in [0, 0.05) is 42.8 Å². The van der Waals surface area contributed by atoms with Crippen LogP contribution in [-0.2, 0) is 7.05 Å². The van der Waals surface area contributed by atoms with Crippen molar-refractivity contribution in [3.63, 3.8) is 0 Å². The van der Waals surface area contributed by atoms with Gasteiger partial charge >= 0.3 is 5.69 Å². The van der Waals surface area contributed by atoms with Gasteiger partial charge in [-0.2, -0.15) is 5.10 Å². The second-order valence-corrected chi connectivity index (χ2v) is 6.68. The van der Waals surface area contributed by atoms with Gasteiger partial charge < -0.3 is 14.6 Å². The smallest absolute Gasteiger partial charge is 0.333 e. The van der Waals surface area contributed by atoms with Crippen LogP contribution in [-0.4, -0.2) is 39.9 Å². The summed E-state index contributed by atoms with van der Waals surface area (Å²) in [6.45, 7) is 2.97. The molecule has 0 saturated heterocycles. The van der Waals surface area contributed by atoms with Gasteiger partial charge in [-0.1, -0.05) is 6.08 Å². The van der Waals surface area contributed by atoms with Crippen LogP contribution in [0.4, 0.5) is 11.5 Å². The van der Waals surface area contributed by atoms with E-state index in [1.165, 1.54) is 5.57 Å². The summed E-state index contributed by atoms with van der Waals surface area (Å²) >= 11 is 0. The minimum absolute atomic E-state index is 0.0891. The van der Waals surface area contributed by atoms with Gasteiger partial charge in [-0.15, -0.1) is 0 Å². The molecule has 1 aromatic carbocycles. The van der Waals surface area contributed by atoms with E-state index >= 15 is 0 Å². The third-order valence-electron chi connectivity index (χ3n) is 5.09. The lowest BCUT2D eigenvalue weighted by molar-refractivity contribution is -0.384. The van der Waals surface area contributed by atoms with E-state index in [1.807, 2.05) is 29.3 Å². The maximum atomic E-state index is 11.5. The highest BCUT2D eigenvalue weighted by molar-refractivity contribution is 5.94. The average molecular weight is 367 g/mol. The molecule has 0 spiro atoms. The van der Waals surface area contributed by atoms with Crippen LogP contribution in [0.3, 0.4) is 0 Å². The molecular formula is C19H21N5O3. The molecule has 1 aliphatic heterocycles. The molecule has 1 N–H and O–H groups in total. The summed E-state index contributed by atoms with van der Waals surface area (Å²) in [6, 6.07) is 5.97. The number of hydrogen-bond acceptors (Lipinski definition) is 5. The fourth-order valence-corrected chi connectivity index (χ4v) is 3.80. The Morgan fingerprint density at radius 2 is 2.19 bits per heavy atom. The minimum Gasteiger partial charge on any atom is -0.497 e. The highest BCUT2D eigenvalue weighted by Gasteiger charge is 2.29. The van der Waals surface area contributed by atoms with Gasteiger partial charge in [0.05, 0.1) is 12.0 Å². The quantitative estimate of drug-likeness (QED) is 0.564. The number of nitrogens with one attached hydrogen (secondary N) is 1. The zero-order valence-corrected chi connectivity index (χ0v) is 15.5. The summed E-state index contributed by atoms with van der Waals surface area (Å²) in [5, 5.41) is 16.8. The Morgan fingerprint density at radius 1 is 1.37 bits per heavy atom. The van der Waals surface area contributed by atoms with Gasteiger partial charge in [-0.05, 0) is 37.1 Å². The molecule has 3 aromatic rings. The van der Waals surface area contributed by atoms with Crippen molar-refractivity contribution in [2.24, 2.45) is 7.05 Å². The number of aryl methyl sites for hydroxylation is 2. The van der Waals surface area contributed by atoms with Gasteiger partial charge in [0.15, 0.2) is 0 Å². The maximum Gasteiger partial charge on any atom is 0.333 e. The van der Waals surface area contributed by atoms with Crippen LogP contribution < -0.4 is 9.64 Å². The largest absolute Gasteiger partial charge is 0.497 e. The molecule has 8 nitrogen and oxygen atoms in total. The molecular weight excluding hydrogens is 346 g/mol. The third-order valence-corrected chi connectivity index (χ3v) is 5.09. The van der Waals surface area contributed by atoms with Gasteiger partial charge in [-0.25, -0.2) is 4.68 Å². The van der Waals surface area contributed by atoms with E-state index in [9.17, 15) is 10.1 Å². The molecule has 0 unspecified atom stereocenters. The zero-order chi connectivity index (χ0) is 19.1. The highest BCUT2D eigenvalue weighted by Crippen LogP contribution is 2.35. The van der Waals surface area contributed by atoms with Gasteiger partial charge in [0.2, 0.25) is 5.82 Å². The Balaban J connectivity index is 1.66. The fourth-order valence-electron chi connectivity index (χ4n) is 3.80. The number of methoxy groups -OCH3 is 1. The molecule has 0 saturated carbocycles. The standard InChI is InChI=1S/C19H21N5O3/c1-12-18(24(25)26)19(22(2)21-12)23-8-6-13(7-9-23)16-11-20-17-5-4-14(27-3)10-15(16)17/h4-6,10-11,20H,7-9H2,1-3H3. The van der Waals surface area contributed by atoms with Crippen LogP contribution in [0.15, 0.2) is 30.5 Å². The predicted octanol–water partition coefficient (Wildman–Crippen LogP) is 3.42. The number of nitro groups is 1. The van der Waals surface area contributed by atoms with Gasteiger partial charge in [-0.3, -0.25) is 10.1 Å².